The molecule has 1 heterocycles. The first-order valence-corrected chi connectivity index (χ1v) is 7.37. The maximum absolute atomic E-state index is 13.2. The number of halogens is 1. The van der Waals surface area contributed by atoms with E-state index in [1.54, 1.807) is 6.07 Å². The zero-order valence-electron chi connectivity index (χ0n) is 11.8. The maximum atomic E-state index is 13.2. The first-order valence-electron chi connectivity index (χ1n) is 7.37. The predicted molar refractivity (Wildman–Crippen MR) is 75.6 cm³/mol. The Morgan fingerprint density at radius 3 is 2.90 bits per heavy atom. The van der Waals surface area contributed by atoms with Gasteiger partial charge < -0.3 is 10.6 Å². The zero-order valence-corrected chi connectivity index (χ0v) is 11.8. The van der Waals surface area contributed by atoms with E-state index in [9.17, 15) is 9.18 Å². The van der Waals surface area contributed by atoms with Crippen molar-refractivity contribution < 1.29 is 9.18 Å². The van der Waals surface area contributed by atoms with Crippen LogP contribution in [-0.2, 0) is 4.79 Å². The van der Waals surface area contributed by atoms with Gasteiger partial charge in [-0.2, -0.15) is 0 Å². The quantitative estimate of drug-likeness (QED) is 0.890. The molecule has 1 aliphatic carbocycles. The summed E-state index contributed by atoms with van der Waals surface area (Å²) in [6, 6.07) is 6.29. The third-order valence-corrected chi connectivity index (χ3v) is 4.81. The molecule has 1 saturated carbocycles. The van der Waals surface area contributed by atoms with Crippen molar-refractivity contribution >= 4 is 5.91 Å². The Labute approximate surface area is 118 Å². The molecular weight excluding hydrogens is 255 g/mol. The monoisotopic (exact) mass is 276 g/mol. The number of rotatable bonds is 3. The number of carbonyl (C=O) groups excluding carboxylic acids is 1. The van der Waals surface area contributed by atoms with Crippen LogP contribution in [-0.4, -0.2) is 19.0 Å². The molecule has 0 bridgehead atoms. The van der Waals surface area contributed by atoms with E-state index < -0.39 is 0 Å². The number of nitrogens with one attached hydrogen (secondary N) is 2. The zero-order chi connectivity index (χ0) is 14.2. The molecule has 1 spiro atoms. The molecule has 0 radical (unpaired) electrons. The van der Waals surface area contributed by atoms with Crippen LogP contribution in [0.1, 0.15) is 37.8 Å². The fraction of sp³-hybridized carbons (Fsp3) is 0.562. The fourth-order valence-electron chi connectivity index (χ4n) is 3.37. The van der Waals surface area contributed by atoms with Gasteiger partial charge in [0, 0.05) is 5.92 Å². The van der Waals surface area contributed by atoms with Crippen molar-refractivity contribution in [2.24, 2.45) is 11.3 Å². The molecule has 0 aromatic heterocycles. The molecule has 2 atom stereocenters. The average Bonchev–Trinajstić information content (AvgIpc) is 3.13. The van der Waals surface area contributed by atoms with E-state index in [0.29, 0.717) is 0 Å². The lowest BCUT2D eigenvalue weighted by Gasteiger charge is -2.23. The maximum Gasteiger partial charge on any atom is 0.224 e. The van der Waals surface area contributed by atoms with E-state index >= 15 is 0 Å². The van der Waals surface area contributed by atoms with Gasteiger partial charge >= 0.3 is 0 Å². The number of hydrogen-bond donors (Lipinski definition) is 2. The summed E-state index contributed by atoms with van der Waals surface area (Å²) >= 11 is 0. The van der Waals surface area contributed by atoms with Crippen molar-refractivity contribution in [3.8, 4) is 0 Å². The normalized spacial score (nSPS) is 25.2. The van der Waals surface area contributed by atoms with E-state index in [-0.39, 0.29) is 29.1 Å². The standard InChI is InChI=1S/C16H21FN2O/c1-11(12-3-2-4-13(17)9-12)19-15(20)14-10-16(14)5-7-18-8-6-16/h2-4,9,11,14,18H,5-8,10H2,1H3,(H,19,20)/t11-,14?/m1/s1. The van der Waals surface area contributed by atoms with Crippen molar-refractivity contribution in [1.82, 2.24) is 10.6 Å². The minimum Gasteiger partial charge on any atom is -0.349 e. The summed E-state index contributed by atoms with van der Waals surface area (Å²) in [5, 5.41) is 6.37. The van der Waals surface area contributed by atoms with Crippen molar-refractivity contribution in [1.29, 1.82) is 0 Å². The second-order valence-corrected chi connectivity index (χ2v) is 6.15. The number of benzene rings is 1. The predicted octanol–water partition coefficient (Wildman–Crippen LogP) is 2.39. The van der Waals surface area contributed by atoms with E-state index in [4.69, 9.17) is 0 Å². The van der Waals surface area contributed by atoms with Crippen LogP contribution < -0.4 is 10.6 Å². The summed E-state index contributed by atoms with van der Waals surface area (Å²) in [5.74, 6) is 0.0223. The molecule has 20 heavy (non-hydrogen) atoms. The SMILES string of the molecule is C[C@@H](NC(=O)C1CC12CCNCC2)c1cccc(F)c1. The molecule has 2 aliphatic rings. The lowest BCUT2D eigenvalue weighted by atomic mass is 9.91. The van der Waals surface area contributed by atoms with Crippen molar-refractivity contribution in [3.05, 3.63) is 35.6 Å². The van der Waals surface area contributed by atoms with Crippen molar-refractivity contribution in [2.45, 2.75) is 32.2 Å². The van der Waals surface area contributed by atoms with Gasteiger partial charge in [0.05, 0.1) is 6.04 Å². The Morgan fingerprint density at radius 2 is 2.20 bits per heavy atom. The summed E-state index contributed by atoms with van der Waals surface area (Å²) in [6.07, 6.45) is 3.20. The first-order chi connectivity index (χ1) is 9.61. The van der Waals surface area contributed by atoms with Crippen molar-refractivity contribution in [2.75, 3.05) is 13.1 Å². The minimum atomic E-state index is -0.259. The second-order valence-electron chi connectivity index (χ2n) is 6.15. The van der Waals surface area contributed by atoms with Crippen LogP contribution in [0.2, 0.25) is 0 Å². The number of piperidine rings is 1. The van der Waals surface area contributed by atoms with Gasteiger partial charge in [0.15, 0.2) is 0 Å². The van der Waals surface area contributed by atoms with Crippen LogP contribution in [0.3, 0.4) is 0 Å². The highest BCUT2D eigenvalue weighted by atomic mass is 19.1. The molecule has 1 saturated heterocycles. The summed E-state index contributed by atoms with van der Waals surface area (Å²) < 4.78 is 13.2. The van der Waals surface area contributed by atoms with Crippen molar-refractivity contribution in [3.63, 3.8) is 0 Å². The highest BCUT2D eigenvalue weighted by molar-refractivity contribution is 5.83. The fourth-order valence-corrected chi connectivity index (χ4v) is 3.37. The first kappa shape index (κ1) is 13.6. The van der Waals surface area contributed by atoms with Gasteiger partial charge in [0.2, 0.25) is 5.91 Å². The summed E-state index contributed by atoms with van der Waals surface area (Å²) in [6.45, 7) is 3.94. The smallest absolute Gasteiger partial charge is 0.224 e. The lowest BCUT2D eigenvalue weighted by Crippen LogP contribution is -2.34. The van der Waals surface area contributed by atoms with E-state index in [1.807, 2.05) is 13.0 Å². The van der Waals surface area contributed by atoms with Crippen LogP contribution in [0.15, 0.2) is 24.3 Å². The topological polar surface area (TPSA) is 41.1 Å². The highest BCUT2D eigenvalue weighted by Gasteiger charge is 2.57. The van der Waals surface area contributed by atoms with Crippen LogP contribution >= 0.6 is 0 Å². The third-order valence-electron chi connectivity index (χ3n) is 4.81. The molecule has 3 nitrogen and oxygen atoms in total. The molecular formula is C16H21FN2O. The van der Waals surface area contributed by atoms with E-state index in [0.717, 1.165) is 37.9 Å². The molecule has 2 fully saturated rings. The molecule has 1 aliphatic heterocycles. The average molecular weight is 276 g/mol. The van der Waals surface area contributed by atoms with Crippen LogP contribution in [0.5, 0.6) is 0 Å². The molecule has 1 aromatic rings. The van der Waals surface area contributed by atoms with E-state index in [1.165, 1.54) is 12.1 Å². The summed E-state index contributed by atoms with van der Waals surface area (Å²) in [5.41, 5.74) is 1.06. The Kier molecular flexibility index (Phi) is 3.50. The third kappa shape index (κ3) is 2.57. The molecule has 4 heteroatoms. The Morgan fingerprint density at radius 1 is 1.45 bits per heavy atom. The van der Waals surface area contributed by atoms with E-state index in [2.05, 4.69) is 10.6 Å². The largest absolute Gasteiger partial charge is 0.349 e. The molecule has 108 valence electrons. The summed E-state index contributed by atoms with van der Waals surface area (Å²) in [4.78, 5) is 12.3. The molecule has 1 unspecified atom stereocenters. The highest BCUT2D eigenvalue weighted by Crippen LogP contribution is 2.58. The van der Waals surface area contributed by atoms with Crippen LogP contribution in [0.25, 0.3) is 0 Å². The van der Waals surface area contributed by atoms with Gasteiger partial charge in [-0.3, -0.25) is 4.79 Å². The number of hydrogen-bond acceptors (Lipinski definition) is 2. The lowest BCUT2D eigenvalue weighted by molar-refractivity contribution is -0.123. The van der Waals surface area contributed by atoms with Gasteiger partial charge in [-0.1, -0.05) is 12.1 Å². The number of carbonyl (C=O) groups is 1. The van der Waals surface area contributed by atoms with Gasteiger partial charge in [-0.25, -0.2) is 4.39 Å². The van der Waals surface area contributed by atoms with Gasteiger partial charge in [-0.15, -0.1) is 0 Å². The van der Waals surface area contributed by atoms with Crippen LogP contribution in [0, 0.1) is 17.2 Å². The van der Waals surface area contributed by atoms with Crippen LogP contribution in [0.4, 0.5) is 4.39 Å². The Hall–Kier alpha value is -1.42. The molecule has 1 aromatic carbocycles. The Balaban J connectivity index is 1.60. The molecule has 3 rings (SSSR count). The molecule has 1 amide bonds. The minimum absolute atomic E-state index is 0.128. The number of amides is 1. The second kappa shape index (κ2) is 5.17. The van der Waals surface area contributed by atoms with Gasteiger partial charge in [0.25, 0.3) is 0 Å². The van der Waals surface area contributed by atoms with Gasteiger partial charge in [-0.05, 0) is 62.4 Å². The summed E-state index contributed by atoms with van der Waals surface area (Å²) in [7, 11) is 0. The van der Waals surface area contributed by atoms with Gasteiger partial charge in [0.1, 0.15) is 5.82 Å². The Bertz CT molecular complexity index is 511. The molecule has 2 N–H and O–H groups in total.